The quantitative estimate of drug-likeness (QED) is 0.827. The summed E-state index contributed by atoms with van der Waals surface area (Å²) in [5.74, 6) is 0. The average Bonchev–Trinajstić information content (AvgIpc) is 2.61. The summed E-state index contributed by atoms with van der Waals surface area (Å²) < 4.78 is 9.01. The summed E-state index contributed by atoms with van der Waals surface area (Å²) in [6.07, 6.45) is 5.66. The summed E-state index contributed by atoms with van der Waals surface area (Å²) in [6.45, 7) is 5.27. The van der Waals surface area contributed by atoms with E-state index in [4.69, 9.17) is 4.74 Å². The highest BCUT2D eigenvalue weighted by Gasteiger charge is 2.44. The summed E-state index contributed by atoms with van der Waals surface area (Å²) in [6, 6.07) is 0.354. The topological polar surface area (TPSA) is 39.1 Å². The van der Waals surface area contributed by atoms with E-state index in [0.717, 1.165) is 42.4 Å². The molecule has 1 fully saturated rings. The van der Waals surface area contributed by atoms with Crippen LogP contribution >= 0.6 is 15.9 Å². The van der Waals surface area contributed by atoms with Crippen LogP contribution in [0.3, 0.4) is 0 Å². The first-order chi connectivity index (χ1) is 9.54. The Morgan fingerprint density at radius 2 is 2.20 bits per heavy atom. The minimum Gasteiger partial charge on any atom is -0.377 e. The zero-order valence-corrected chi connectivity index (χ0v) is 14.6. The Labute approximate surface area is 130 Å². The van der Waals surface area contributed by atoms with Crippen molar-refractivity contribution >= 4 is 15.9 Å². The molecule has 114 valence electrons. The van der Waals surface area contributed by atoms with Crippen molar-refractivity contribution in [3.63, 3.8) is 0 Å². The second-order valence-corrected chi connectivity index (χ2v) is 6.60. The molecule has 0 bridgehead atoms. The molecule has 0 spiro atoms. The van der Waals surface area contributed by atoms with Crippen molar-refractivity contribution in [3.8, 4) is 0 Å². The fourth-order valence-corrected chi connectivity index (χ4v) is 3.58. The third-order valence-electron chi connectivity index (χ3n) is 4.54. The highest BCUT2D eigenvalue weighted by atomic mass is 79.9. The van der Waals surface area contributed by atoms with Crippen molar-refractivity contribution in [2.75, 3.05) is 13.7 Å². The van der Waals surface area contributed by atoms with E-state index in [1.165, 1.54) is 12.1 Å². The van der Waals surface area contributed by atoms with Crippen LogP contribution in [-0.2, 0) is 18.2 Å². The molecular weight excluding hydrogens is 318 g/mol. The van der Waals surface area contributed by atoms with Gasteiger partial charge in [-0.2, -0.15) is 5.10 Å². The highest BCUT2D eigenvalue weighted by Crippen LogP contribution is 2.39. The number of ether oxygens (including phenoxy) is 1. The highest BCUT2D eigenvalue weighted by molar-refractivity contribution is 9.10. The van der Waals surface area contributed by atoms with Gasteiger partial charge in [-0.3, -0.25) is 4.68 Å². The summed E-state index contributed by atoms with van der Waals surface area (Å²) in [7, 11) is 3.87. The average molecular weight is 344 g/mol. The molecule has 1 aromatic rings. The van der Waals surface area contributed by atoms with Crippen molar-refractivity contribution in [3.05, 3.63) is 15.9 Å². The van der Waals surface area contributed by atoms with Crippen LogP contribution in [0.5, 0.6) is 0 Å². The van der Waals surface area contributed by atoms with Crippen LogP contribution in [0.2, 0.25) is 0 Å². The standard InChI is InChI=1S/C15H26BrN3O/c1-5-9-17-13(15(20-4)7-6-8-15)10-12-14(16)11(2)18-19(12)3/h13,17H,5-10H2,1-4H3. The fraction of sp³-hybridized carbons (Fsp3) is 0.800. The zero-order valence-electron chi connectivity index (χ0n) is 13.0. The van der Waals surface area contributed by atoms with E-state index >= 15 is 0 Å². The van der Waals surface area contributed by atoms with E-state index in [1.807, 2.05) is 25.8 Å². The monoisotopic (exact) mass is 343 g/mol. The molecule has 5 heteroatoms. The molecule has 1 unspecified atom stereocenters. The lowest BCUT2D eigenvalue weighted by molar-refractivity contribution is -0.0983. The predicted octanol–water partition coefficient (Wildman–Crippen LogP) is 2.97. The largest absolute Gasteiger partial charge is 0.377 e. The van der Waals surface area contributed by atoms with Gasteiger partial charge in [0.15, 0.2) is 0 Å². The first-order valence-corrected chi connectivity index (χ1v) is 8.30. The summed E-state index contributed by atoms with van der Waals surface area (Å²) >= 11 is 3.67. The van der Waals surface area contributed by atoms with Crippen LogP contribution in [0.25, 0.3) is 0 Å². The molecule has 0 aliphatic heterocycles. The van der Waals surface area contributed by atoms with Crippen LogP contribution in [0, 0.1) is 6.92 Å². The van der Waals surface area contributed by atoms with Crippen LogP contribution in [0.1, 0.15) is 44.0 Å². The van der Waals surface area contributed by atoms with Gasteiger partial charge in [-0.05, 0) is 55.1 Å². The van der Waals surface area contributed by atoms with E-state index < -0.39 is 0 Å². The van der Waals surface area contributed by atoms with E-state index in [9.17, 15) is 0 Å². The molecule has 20 heavy (non-hydrogen) atoms. The van der Waals surface area contributed by atoms with Crippen LogP contribution < -0.4 is 5.32 Å². The number of hydrogen-bond acceptors (Lipinski definition) is 3. The molecule has 1 aliphatic carbocycles. The number of methoxy groups -OCH3 is 1. The molecular formula is C15H26BrN3O. The van der Waals surface area contributed by atoms with Gasteiger partial charge in [-0.1, -0.05) is 6.92 Å². The third-order valence-corrected chi connectivity index (χ3v) is 5.57. The third kappa shape index (κ3) is 2.95. The Balaban J connectivity index is 2.19. The number of halogens is 1. The van der Waals surface area contributed by atoms with E-state index in [-0.39, 0.29) is 5.60 Å². The summed E-state index contributed by atoms with van der Waals surface area (Å²) in [5, 5.41) is 8.19. The van der Waals surface area contributed by atoms with Gasteiger partial charge in [0.2, 0.25) is 0 Å². The number of nitrogens with zero attached hydrogens (tertiary/aromatic N) is 2. The Bertz CT molecular complexity index is 449. The van der Waals surface area contributed by atoms with Gasteiger partial charge >= 0.3 is 0 Å². The Morgan fingerprint density at radius 1 is 1.50 bits per heavy atom. The lowest BCUT2D eigenvalue weighted by atomic mass is 9.73. The van der Waals surface area contributed by atoms with Crippen molar-refractivity contribution in [1.29, 1.82) is 0 Å². The lowest BCUT2D eigenvalue weighted by Crippen LogP contribution is -2.57. The molecule has 1 aromatic heterocycles. The van der Waals surface area contributed by atoms with Gasteiger partial charge in [0, 0.05) is 26.6 Å². The van der Waals surface area contributed by atoms with Crippen molar-refractivity contribution in [2.45, 2.75) is 57.6 Å². The van der Waals surface area contributed by atoms with Crippen molar-refractivity contribution < 1.29 is 4.74 Å². The molecule has 0 radical (unpaired) electrons. The maximum atomic E-state index is 5.88. The molecule has 0 amide bonds. The first kappa shape index (κ1) is 16.0. The first-order valence-electron chi connectivity index (χ1n) is 7.50. The fourth-order valence-electron chi connectivity index (χ4n) is 3.08. The molecule has 1 N–H and O–H groups in total. The Morgan fingerprint density at radius 3 is 2.60 bits per heavy atom. The van der Waals surface area contributed by atoms with Gasteiger partial charge in [0.1, 0.15) is 0 Å². The number of hydrogen-bond donors (Lipinski definition) is 1. The van der Waals surface area contributed by atoms with Crippen LogP contribution in [-0.4, -0.2) is 35.1 Å². The van der Waals surface area contributed by atoms with E-state index in [0.29, 0.717) is 6.04 Å². The van der Waals surface area contributed by atoms with E-state index in [1.54, 1.807) is 0 Å². The van der Waals surface area contributed by atoms with Crippen molar-refractivity contribution in [1.82, 2.24) is 15.1 Å². The molecule has 1 aliphatic rings. The predicted molar refractivity (Wildman–Crippen MR) is 85.0 cm³/mol. The van der Waals surface area contributed by atoms with Gasteiger partial charge < -0.3 is 10.1 Å². The Hall–Kier alpha value is -0.390. The lowest BCUT2D eigenvalue weighted by Gasteiger charge is -2.47. The number of rotatable bonds is 7. The number of nitrogens with one attached hydrogen (secondary N) is 1. The van der Waals surface area contributed by atoms with Gasteiger partial charge in [0.25, 0.3) is 0 Å². The molecule has 0 aromatic carbocycles. The van der Waals surface area contributed by atoms with Crippen molar-refractivity contribution in [2.24, 2.45) is 7.05 Å². The molecule has 1 heterocycles. The second kappa shape index (κ2) is 6.58. The van der Waals surface area contributed by atoms with Crippen LogP contribution in [0.4, 0.5) is 0 Å². The normalized spacial score (nSPS) is 18.9. The maximum absolute atomic E-state index is 5.88. The summed E-state index contributed by atoms with van der Waals surface area (Å²) in [5.41, 5.74) is 2.31. The minimum absolute atomic E-state index is 0.00673. The van der Waals surface area contributed by atoms with Gasteiger partial charge in [-0.15, -0.1) is 0 Å². The minimum atomic E-state index is 0.00673. The zero-order chi connectivity index (χ0) is 14.8. The molecule has 2 rings (SSSR count). The van der Waals surface area contributed by atoms with E-state index in [2.05, 4.69) is 33.3 Å². The molecule has 1 saturated carbocycles. The Kier molecular flexibility index (Phi) is 5.26. The molecule has 1 atom stereocenters. The van der Waals surface area contributed by atoms with Gasteiger partial charge in [0.05, 0.1) is 21.5 Å². The number of aromatic nitrogens is 2. The SMILES string of the molecule is CCCNC(Cc1c(Br)c(C)nn1C)C1(OC)CCC1. The van der Waals surface area contributed by atoms with Gasteiger partial charge in [-0.25, -0.2) is 0 Å². The smallest absolute Gasteiger partial charge is 0.0834 e. The van der Waals surface area contributed by atoms with Crippen LogP contribution in [0.15, 0.2) is 4.47 Å². The molecule has 0 saturated heterocycles. The molecule has 4 nitrogen and oxygen atoms in total. The maximum Gasteiger partial charge on any atom is 0.0834 e. The number of aryl methyl sites for hydroxylation is 2. The summed E-state index contributed by atoms with van der Waals surface area (Å²) in [4.78, 5) is 0. The second-order valence-electron chi connectivity index (χ2n) is 5.80.